The number of carbonyl (C=O) groups is 1. The minimum atomic E-state index is 0.265. The van der Waals surface area contributed by atoms with Crippen LogP contribution in [-0.2, 0) is 6.42 Å². The number of fused-ring (bicyclic) bond motifs is 1. The summed E-state index contributed by atoms with van der Waals surface area (Å²) in [6.45, 7) is 4.05. The highest BCUT2D eigenvalue weighted by Crippen LogP contribution is 2.33. The normalized spacial score (nSPS) is 16.1. The van der Waals surface area contributed by atoms with Crippen molar-refractivity contribution in [2.24, 2.45) is 0 Å². The molecule has 1 saturated heterocycles. The molecule has 21 heavy (non-hydrogen) atoms. The molecule has 0 aliphatic carbocycles. The van der Waals surface area contributed by atoms with Crippen LogP contribution in [0.15, 0.2) is 24.3 Å². The third kappa shape index (κ3) is 2.98. The maximum atomic E-state index is 13.0. The fourth-order valence-corrected chi connectivity index (χ4v) is 4.41. The molecule has 0 N–H and O–H groups in total. The molecule has 1 aliphatic heterocycles. The Hall–Kier alpha value is -1.35. The molecule has 0 radical (unpaired) electrons. The van der Waals surface area contributed by atoms with E-state index in [1.165, 1.54) is 28.5 Å². The zero-order valence-electron chi connectivity index (χ0n) is 12.7. The summed E-state index contributed by atoms with van der Waals surface area (Å²) in [5, 5.41) is 1.28. The Kier molecular flexibility index (Phi) is 4.59. The van der Waals surface area contributed by atoms with Gasteiger partial charge in [0, 0.05) is 17.8 Å². The van der Waals surface area contributed by atoms with E-state index in [2.05, 4.69) is 36.1 Å². The molecule has 2 heterocycles. The molecule has 0 atom stereocenters. The lowest BCUT2D eigenvalue weighted by atomic mass is 10.1. The van der Waals surface area contributed by atoms with Crippen LogP contribution in [0.2, 0.25) is 0 Å². The van der Waals surface area contributed by atoms with E-state index < -0.39 is 0 Å². The maximum absolute atomic E-state index is 13.0. The van der Waals surface area contributed by atoms with Crippen molar-refractivity contribution >= 4 is 27.3 Å². The summed E-state index contributed by atoms with van der Waals surface area (Å²) in [6, 6.07) is 8.44. The molecule has 0 unspecified atom stereocenters. The maximum Gasteiger partial charge on any atom is 0.264 e. The quantitative estimate of drug-likeness (QED) is 0.792. The largest absolute Gasteiger partial charge is 0.338 e. The molecule has 1 aromatic carbocycles. The van der Waals surface area contributed by atoms with E-state index in [-0.39, 0.29) is 5.91 Å². The number of hydrogen-bond acceptors (Lipinski definition) is 2. The third-order valence-corrected chi connectivity index (χ3v) is 5.49. The number of hydrogen-bond donors (Lipinski definition) is 0. The molecular formula is C18H23NOS. The molecule has 1 aliphatic rings. The predicted molar refractivity (Wildman–Crippen MR) is 90.2 cm³/mol. The number of carbonyl (C=O) groups excluding carboxylic acids is 1. The van der Waals surface area contributed by atoms with Crippen molar-refractivity contribution in [2.75, 3.05) is 13.1 Å². The van der Waals surface area contributed by atoms with Crippen molar-refractivity contribution in [1.29, 1.82) is 0 Å². The second kappa shape index (κ2) is 6.61. The summed E-state index contributed by atoms with van der Waals surface area (Å²) >= 11 is 1.68. The van der Waals surface area contributed by atoms with Crippen LogP contribution >= 0.6 is 11.3 Å². The van der Waals surface area contributed by atoms with Crippen LogP contribution in [0.3, 0.4) is 0 Å². The molecule has 0 saturated carbocycles. The molecular weight excluding hydrogens is 278 g/mol. The van der Waals surface area contributed by atoms with Crippen LogP contribution < -0.4 is 0 Å². The van der Waals surface area contributed by atoms with Crippen molar-refractivity contribution in [2.45, 2.75) is 45.4 Å². The molecule has 3 rings (SSSR count). The van der Waals surface area contributed by atoms with E-state index in [1.54, 1.807) is 11.3 Å². The van der Waals surface area contributed by atoms with Crippen LogP contribution in [0.5, 0.6) is 0 Å². The van der Waals surface area contributed by atoms with E-state index in [4.69, 9.17) is 0 Å². The molecule has 0 spiro atoms. The van der Waals surface area contributed by atoms with Crippen LogP contribution in [0.4, 0.5) is 0 Å². The Balaban J connectivity index is 1.97. The van der Waals surface area contributed by atoms with Gasteiger partial charge < -0.3 is 4.90 Å². The average Bonchev–Trinajstić information content (AvgIpc) is 2.70. The van der Waals surface area contributed by atoms with E-state index in [9.17, 15) is 4.79 Å². The third-order valence-electron chi connectivity index (χ3n) is 4.29. The molecule has 0 bridgehead atoms. The zero-order chi connectivity index (χ0) is 14.7. The smallest absolute Gasteiger partial charge is 0.264 e. The molecule has 112 valence electrons. The molecule has 1 aromatic heterocycles. The highest BCUT2D eigenvalue weighted by atomic mass is 32.1. The van der Waals surface area contributed by atoms with Crippen LogP contribution in [0, 0.1) is 0 Å². The lowest BCUT2D eigenvalue weighted by Gasteiger charge is -2.20. The van der Waals surface area contributed by atoms with Gasteiger partial charge in [-0.2, -0.15) is 0 Å². The van der Waals surface area contributed by atoms with Gasteiger partial charge in [0.15, 0.2) is 0 Å². The van der Waals surface area contributed by atoms with Gasteiger partial charge in [0.05, 0.1) is 4.88 Å². The minimum absolute atomic E-state index is 0.265. The van der Waals surface area contributed by atoms with Crippen molar-refractivity contribution < 1.29 is 4.79 Å². The minimum Gasteiger partial charge on any atom is -0.338 e. The van der Waals surface area contributed by atoms with Crippen molar-refractivity contribution in [3.8, 4) is 0 Å². The lowest BCUT2D eigenvalue weighted by Crippen LogP contribution is -2.31. The molecule has 2 nitrogen and oxygen atoms in total. The first kappa shape index (κ1) is 14.6. The summed E-state index contributed by atoms with van der Waals surface area (Å²) in [7, 11) is 0. The fourth-order valence-electron chi connectivity index (χ4n) is 3.19. The monoisotopic (exact) mass is 301 g/mol. The summed E-state index contributed by atoms with van der Waals surface area (Å²) in [5.74, 6) is 0.265. The average molecular weight is 301 g/mol. The number of nitrogens with zero attached hydrogens (tertiary/aromatic N) is 1. The lowest BCUT2D eigenvalue weighted by molar-refractivity contribution is 0.0765. The highest BCUT2D eigenvalue weighted by Gasteiger charge is 2.23. The zero-order valence-corrected chi connectivity index (χ0v) is 13.5. The number of rotatable bonds is 3. The van der Waals surface area contributed by atoms with E-state index in [0.29, 0.717) is 0 Å². The van der Waals surface area contributed by atoms with Gasteiger partial charge in [-0.1, -0.05) is 44.4 Å². The first-order chi connectivity index (χ1) is 10.3. The van der Waals surface area contributed by atoms with Gasteiger partial charge in [0.2, 0.25) is 0 Å². The summed E-state index contributed by atoms with van der Waals surface area (Å²) in [6.07, 6.45) is 6.91. The highest BCUT2D eigenvalue weighted by molar-refractivity contribution is 7.21. The second-order valence-electron chi connectivity index (χ2n) is 5.86. The van der Waals surface area contributed by atoms with E-state index in [1.807, 2.05) is 0 Å². The van der Waals surface area contributed by atoms with Crippen LogP contribution in [0.25, 0.3) is 10.1 Å². The first-order valence-corrected chi connectivity index (χ1v) is 8.92. The van der Waals surface area contributed by atoms with Crippen molar-refractivity contribution in [3.05, 3.63) is 34.7 Å². The van der Waals surface area contributed by atoms with Crippen molar-refractivity contribution in [3.63, 3.8) is 0 Å². The van der Waals surface area contributed by atoms with Crippen LogP contribution in [-0.4, -0.2) is 23.9 Å². The van der Waals surface area contributed by atoms with Gasteiger partial charge in [-0.25, -0.2) is 0 Å². The standard InChI is InChI=1S/C18H23NOS/c1-2-9-15-14-10-5-6-11-16(14)21-17(15)18(20)19-12-7-3-4-8-13-19/h5-6,10-11H,2-4,7-9,12-13H2,1H3. The number of amides is 1. The summed E-state index contributed by atoms with van der Waals surface area (Å²) in [5.41, 5.74) is 1.27. The molecule has 1 amide bonds. The Bertz CT molecular complexity index is 623. The predicted octanol–water partition coefficient (Wildman–Crippen LogP) is 4.87. The Morgan fingerprint density at radius 1 is 1.14 bits per heavy atom. The number of thiophene rings is 1. The van der Waals surface area contributed by atoms with E-state index >= 15 is 0 Å². The topological polar surface area (TPSA) is 20.3 Å². The summed E-state index contributed by atoms with van der Waals surface area (Å²) < 4.78 is 1.25. The second-order valence-corrected chi connectivity index (χ2v) is 6.91. The summed E-state index contributed by atoms with van der Waals surface area (Å²) in [4.78, 5) is 16.0. The Morgan fingerprint density at radius 3 is 2.57 bits per heavy atom. The van der Waals surface area contributed by atoms with E-state index in [0.717, 1.165) is 43.6 Å². The first-order valence-electron chi connectivity index (χ1n) is 8.11. The van der Waals surface area contributed by atoms with Gasteiger partial charge in [0.25, 0.3) is 5.91 Å². The fraction of sp³-hybridized carbons (Fsp3) is 0.500. The van der Waals surface area contributed by atoms with Gasteiger partial charge in [0.1, 0.15) is 0 Å². The molecule has 2 aromatic rings. The molecule has 3 heteroatoms. The number of benzene rings is 1. The Labute approximate surface area is 130 Å². The van der Waals surface area contributed by atoms with Gasteiger partial charge in [-0.15, -0.1) is 11.3 Å². The van der Waals surface area contributed by atoms with Gasteiger partial charge in [-0.05, 0) is 36.3 Å². The van der Waals surface area contributed by atoms with Crippen molar-refractivity contribution in [1.82, 2.24) is 4.90 Å². The SMILES string of the molecule is CCCc1c(C(=O)N2CCCCCC2)sc2ccccc12. The number of aryl methyl sites for hydroxylation is 1. The Morgan fingerprint density at radius 2 is 1.86 bits per heavy atom. The van der Waals surface area contributed by atoms with Gasteiger partial charge >= 0.3 is 0 Å². The number of likely N-dealkylation sites (tertiary alicyclic amines) is 1. The van der Waals surface area contributed by atoms with Gasteiger partial charge in [-0.3, -0.25) is 4.79 Å². The molecule has 1 fully saturated rings. The van der Waals surface area contributed by atoms with Crippen LogP contribution in [0.1, 0.15) is 54.3 Å².